The molecule has 0 unspecified atom stereocenters. The molecule has 108 valence electrons. The van der Waals surface area contributed by atoms with Crippen LogP contribution in [0.4, 0.5) is 0 Å². The standard InChI is InChI=1S/C12H17N5O2S/c1-17(7-12-14-9-15-16-12)20(18,19)8-11-5-3-2-4-10(11)6-13/h2-5,9H,6-8,13H2,1H3,(H,14,15,16). The Hall–Kier alpha value is -1.77. The van der Waals surface area contributed by atoms with Crippen molar-refractivity contribution in [2.75, 3.05) is 7.05 Å². The minimum absolute atomic E-state index is 0.0784. The quantitative estimate of drug-likeness (QED) is 0.793. The zero-order valence-corrected chi connectivity index (χ0v) is 12.0. The third-order valence-corrected chi connectivity index (χ3v) is 4.74. The molecule has 0 atom stereocenters. The first-order chi connectivity index (χ1) is 9.53. The molecule has 0 saturated heterocycles. The summed E-state index contributed by atoms with van der Waals surface area (Å²) in [5, 5.41) is 6.33. The number of H-pyrrole nitrogens is 1. The van der Waals surface area contributed by atoms with Gasteiger partial charge < -0.3 is 5.73 Å². The van der Waals surface area contributed by atoms with Crippen LogP contribution in [0.1, 0.15) is 17.0 Å². The van der Waals surface area contributed by atoms with Crippen LogP contribution in [0.5, 0.6) is 0 Å². The van der Waals surface area contributed by atoms with E-state index in [1.165, 1.54) is 17.7 Å². The van der Waals surface area contributed by atoms with Crippen LogP contribution >= 0.6 is 0 Å². The molecular formula is C12H17N5O2S. The van der Waals surface area contributed by atoms with Crippen molar-refractivity contribution in [2.45, 2.75) is 18.8 Å². The molecule has 8 heteroatoms. The molecule has 2 rings (SSSR count). The lowest BCUT2D eigenvalue weighted by atomic mass is 10.1. The highest BCUT2D eigenvalue weighted by atomic mass is 32.2. The number of nitrogens with zero attached hydrogens (tertiary/aromatic N) is 3. The number of aromatic nitrogens is 3. The average Bonchev–Trinajstić information content (AvgIpc) is 2.92. The molecule has 1 aromatic carbocycles. The van der Waals surface area contributed by atoms with Crippen LogP contribution in [0, 0.1) is 0 Å². The van der Waals surface area contributed by atoms with Crippen LogP contribution in [-0.2, 0) is 28.9 Å². The molecule has 0 aliphatic heterocycles. The maximum atomic E-state index is 12.3. The molecule has 3 N–H and O–H groups in total. The Morgan fingerprint density at radius 2 is 2.00 bits per heavy atom. The largest absolute Gasteiger partial charge is 0.326 e. The van der Waals surface area contributed by atoms with Gasteiger partial charge in [0.25, 0.3) is 0 Å². The lowest BCUT2D eigenvalue weighted by molar-refractivity contribution is 0.456. The number of benzene rings is 1. The molecule has 0 spiro atoms. The van der Waals surface area contributed by atoms with Crippen LogP contribution in [0.25, 0.3) is 0 Å². The summed E-state index contributed by atoms with van der Waals surface area (Å²) >= 11 is 0. The molecule has 0 amide bonds. The first kappa shape index (κ1) is 14.6. The first-order valence-electron chi connectivity index (χ1n) is 6.08. The van der Waals surface area contributed by atoms with Gasteiger partial charge in [0, 0.05) is 13.6 Å². The van der Waals surface area contributed by atoms with E-state index in [-0.39, 0.29) is 12.3 Å². The number of nitrogens with one attached hydrogen (secondary N) is 1. The molecule has 0 aliphatic carbocycles. The van der Waals surface area contributed by atoms with Crippen LogP contribution in [0.15, 0.2) is 30.6 Å². The molecular weight excluding hydrogens is 278 g/mol. The summed E-state index contributed by atoms with van der Waals surface area (Å²) in [5.74, 6) is 0.425. The van der Waals surface area contributed by atoms with Crippen molar-refractivity contribution in [2.24, 2.45) is 5.73 Å². The van der Waals surface area contributed by atoms with E-state index in [1.807, 2.05) is 12.1 Å². The zero-order chi connectivity index (χ0) is 14.6. The average molecular weight is 295 g/mol. The predicted molar refractivity (Wildman–Crippen MR) is 74.8 cm³/mol. The smallest absolute Gasteiger partial charge is 0.218 e. The summed E-state index contributed by atoms with van der Waals surface area (Å²) in [5.41, 5.74) is 7.18. The van der Waals surface area contributed by atoms with Gasteiger partial charge in [-0.15, -0.1) is 0 Å². The van der Waals surface area contributed by atoms with Gasteiger partial charge >= 0.3 is 0 Å². The molecule has 0 saturated carbocycles. The Kier molecular flexibility index (Phi) is 4.48. The van der Waals surface area contributed by atoms with Gasteiger partial charge in [-0.2, -0.15) is 9.40 Å². The fourth-order valence-corrected chi connectivity index (χ4v) is 3.03. The molecule has 20 heavy (non-hydrogen) atoms. The maximum absolute atomic E-state index is 12.3. The molecule has 1 aromatic heterocycles. The zero-order valence-electron chi connectivity index (χ0n) is 11.2. The summed E-state index contributed by atoms with van der Waals surface area (Å²) < 4.78 is 25.9. The van der Waals surface area contributed by atoms with Crippen molar-refractivity contribution in [3.8, 4) is 0 Å². The van der Waals surface area contributed by atoms with E-state index in [9.17, 15) is 8.42 Å². The molecule has 0 radical (unpaired) electrons. The van der Waals surface area contributed by atoms with Crippen molar-refractivity contribution < 1.29 is 8.42 Å². The van der Waals surface area contributed by atoms with Crippen molar-refractivity contribution >= 4 is 10.0 Å². The summed E-state index contributed by atoms with van der Waals surface area (Å²) in [6, 6.07) is 7.26. The minimum Gasteiger partial charge on any atom is -0.326 e. The van der Waals surface area contributed by atoms with E-state index in [0.717, 1.165) is 11.1 Å². The van der Waals surface area contributed by atoms with E-state index < -0.39 is 10.0 Å². The summed E-state index contributed by atoms with van der Waals surface area (Å²) in [6.07, 6.45) is 1.35. The summed E-state index contributed by atoms with van der Waals surface area (Å²) in [4.78, 5) is 3.92. The van der Waals surface area contributed by atoms with Gasteiger partial charge in [0.2, 0.25) is 10.0 Å². The van der Waals surface area contributed by atoms with Gasteiger partial charge in [-0.3, -0.25) is 5.10 Å². The highest BCUT2D eigenvalue weighted by molar-refractivity contribution is 7.88. The molecule has 0 fully saturated rings. The van der Waals surface area contributed by atoms with Crippen LogP contribution in [0.2, 0.25) is 0 Å². The second-order valence-corrected chi connectivity index (χ2v) is 6.49. The summed E-state index contributed by atoms with van der Waals surface area (Å²) in [6.45, 7) is 0.477. The topological polar surface area (TPSA) is 105 Å². The molecule has 2 aromatic rings. The van der Waals surface area contributed by atoms with Gasteiger partial charge in [0.05, 0.1) is 12.3 Å². The Morgan fingerprint density at radius 3 is 2.60 bits per heavy atom. The Balaban J connectivity index is 2.14. The van der Waals surface area contributed by atoms with E-state index in [4.69, 9.17) is 5.73 Å². The number of aromatic amines is 1. The lowest BCUT2D eigenvalue weighted by Crippen LogP contribution is -2.28. The van der Waals surface area contributed by atoms with E-state index >= 15 is 0 Å². The van der Waals surface area contributed by atoms with Crippen molar-refractivity contribution in [1.82, 2.24) is 19.5 Å². The van der Waals surface area contributed by atoms with E-state index in [2.05, 4.69) is 15.2 Å². The fourth-order valence-electron chi connectivity index (χ4n) is 1.82. The van der Waals surface area contributed by atoms with E-state index in [1.54, 1.807) is 12.1 Å². The van der Waals surface area contributed by atoms with Crippen LogP contribution in [-0.4, -0.2) is 35.0 Å². The van der Waals surface area contributed by atoms with Gasteiger partial charge in [0.15, 0.2) is 0 Å². The van der Waals surface area contributed by atoms with Gasteiger partial charge in [-0.1, -0.05) is 24.3 Å². The second-order valence-electron chi connectivity index (χ2n) is 4.42. The SMILES string of the molecule is CN(Cc1ncn[nH]1)S(=O)(=O)Cc1ccccc1CN. The Morgan fingerprint density at radius 1 is 1.30 bits per heavy atom. The predicted octanol–water partition coefficient (Wildman–Crippen LogP) is 0.225. The number of hydrogen-bond donors (Lipinski definition) is 2. The van der Waals surface area contributed by atoms with E-state index in [0.29, 0.717) is 12.4 Å². The first-order valence-corrected chi connectivity index (χ1v) is 7.69. The van der Waals surface area contributed by atoms with Crippen LogP contribution in [0.3, 0.4) is 0 Å². The maximum Gasteiger partial charge on any atom is 0.218 e. The van der Waals surface area contributed by atoms with Gasteiger partial charge in [-0.25, -0.2) is 13.4 Å². The van der Waals surface area contributed by atoms with Crippen molar-refractivity contribution in [3.63, 3.8) is 0 Å². The monoisotopic (exact) mass is 295 g/mol. The van der Waals surface area contributed by atoms with Gasteiger partial charge in [-0.05, 0) is 11.1 Å². The van der Waals surface area contributed by atoms with Crippen molar-refractivity contribution in [1.29, 1.82) is 0 Å². The minimum atomic E-state index is -3.43. The lowest BCUT2D eigenvalue weighted by Gasteiger charge is -2.17. The normalized spacial score (nSPS) is 11.9. The highest BCUT2D eigenvalue weighted by Gasteiger charge is 2.20. The van der Waals surface area contributed by atoms with Crippen LogP contribution < -0.4 is 5.73 Å². The third-order valence-electron chi connectivity index (χ3n) is 2.99. The number of hydrogen-bond acceptors (Lipinski definition) is 5. The molecule has 1 heterocycles. The number of rotatable bonds is 6. The number of nitrogens with two attached hydrogens (primary N) is 1. The fraction of sp³-hybridized carbons (Fsp3) is 0.333. The summed E-state index contributed by atoms with van der Waals surface area (Å²) in [7, 11) is -1.92. The van der Waals surface area contributed by atoms with Gasteiger partial charge in [0.1, 0.15) is 12.2 Å². The third kappa shape index (κ3) is 3.41. The molecule has 0 bridgehead atoms. The second kappa shape index (κ2) is 6.12. The Bertz CT molecular complexity index is 654. The number of sulfonamides is 1. The molecule has 7 nitrogen and oxygen atoms in total. The Labute approximate surface area is 117 Å². The highest BCUT2D eigenvalue weighted by Crippen LogP contribution is 2.15. The van der Waals surface area contributed by atoms with Crippen molar-refractivity contribution in [3.05, 3.63) is 47.5 Å². The molecule has 0 aliphatic rings.